The molecule has 144 valence electrons. The van der Waals surface area contributed by atoms with Crippen molar-refractivity contribution in [1.82, 2.24) is 10.6 Å². The first-order valence-electron chi connectivity index (χ1n) is 8.19. The molecule has 2 aromatic rings. The molecule has 2 aromatic carbocycles. The predicted molar refractivity (Wildman–Crippen MR) is 121 cm³/mol. The molecule has 0 bridgehead atoms. The Morgan fingerprint density at radius 2 is 1.22 bits per heavy atom. The van der Waals surface area contributed by atoms with Crippen LogP contribution in [0.15, 0.2) is 36.4 Å². The standard InChI is InChI=1S/C19H20I2N2O4/c1-26-16-6-4-12(10-14(16)20)18(24)22-8-3-9-23-19(25)13-5-7-17(27-2)15(21)11-13/h4-7,10-11H,3,8-9H2,1-2H3,(H,22,24)(H,23,25). The maximum absolute atomic E-state index is 12.2. The fourth-order valence-electron chi connectivity index (χ4n) is 2.31. The summed E-state index contributed by atoms with van der Waals surface area (Å²) in [5.74, 6) is 1.18. The molecule has 0 atom stereocenters. The molecule has 0 aliphatic rings. The summed E-state index contributed by atoms with van der Waals surface area (Å²) in [5.41, 5.74) is 1.16. The normalized spacial score (nSPS) is 10.2. The maximum atomic E-state index is 12.2. The summed E-state index contributed by atoms with van der Waals surface area (Å²) in [4.78, 5) is 24.3. The number of hydrogen-bond donors (Lipinski definition) is 2. The lowest BCUT2D eigenvalue weighted by atomic mass is 10.2. The molecule has 2 amide bonds. The fraction of sp³-hybridized carbons (Fsp3) is 0.263. The third kappa shape index (κ3) is 6.23. The number of hydrogen-bond acceptors (Lipinski definition) is 4. The number of carbonyl (C=O) groups is 2. The minimum absolute atomic E-state index is 0.147. The molecule has 0 fully saturated rings. The first kappa shape index (κ1) is 21.7. The molecule has 0 radical (unpaired) electrons. The van der Waals surface area contributed by atoms with Crippen molar-refractivity contribution in [3.05, 3.63) is 54.7 Å². The number of rotatable bonds is 8. The molecule has 6 nitrogen and oxygen atoms in total. The van der Waals surface area contributed by atoms with Gasteiger partial charge < -0.3 is 20.1 Å². The second-order valence-electron chi connectivity index (χ2n) is 5.56. The molecule has 0 aliphatic carbocycles. The van der Waals surface area contributed by atoms with E-state index >= 15 is 0 Å². The Kier molecular flexibility index (Phi) is 8.61. The molecule has 0 aliphatic heterocycles. The van der Waals surface area contributed by atoms with Crippen LogP contribution >= 0.6 is 45.2 Å². The van der Waals surface area contributed by atoms with Gasteiger partial charge in [-0.15, -0.1) is 0 Å². The van der Waals surface area contributed by atoms with Gasteiger partial charge in [-0.2, -0.15) is 0 Å². The second kappa shape index (κ2) is 10.7. The van der Waals surface area contributed by atoms with Crippen molar-refractivity contribution in [2.75, 3.05) is 27.3 Å². The van der Waals surface area contributed by atoms with E-state index in [1.807, 2.05) is 0 Å². The Hall–Kier alpha value is -1.56. The van der Waals surface area contributed by atoms with Gasteiger partial charge in [-0.3, -0.25) is 9.59 Å². The van der Waals surface area contributed by atoms with E-state index in [1.165, 1.54) is 0 Å². The van der Waals surface area contributed by atoms with Gasteiger partial charge in [-0.1, -0.05) is 0 Å². The number of nitrogens with one attached hydrogen (secondary N) is 2. The minimum Gasteiger partial charge on any atom is -0.496 e. The van der Waals surface area contributed by atoms with E-state index in [0.29, 0.717) is 30.6 Å². The number of benzene rings is 2. The average molecular weight is 594 g/mol. The van der Waals surface area contributed by atoms with Crippen LogP contribution in [0.4, 0.5) is 0 Å². The summed E-state index contributed by atoms with van der Waals surface area (Å²) in [5, 5.41) is 5.70. The molecular weight excluding hydrogens is 574 g/mol. The Bertz CT molecular complexity index is 760. The number of amides is 2. The van der Waals surface area contributed by atoms with Gasteiger partial charge in [0.25, 0.3) is 11.8 Å². The molecule has 8 heteroatoms. The van der Waals surface area contributed by atoms with Crippen LogP contribution in [0.1, 0.15) is 27.1 Å². The zero-order valence-corrected chi connectivity index (χ0v) is 19.3. The third-order valence-electron chi connectivity index (χ3n) is 3.75. The summed E-state index contributed by atoms with van der Waals surface area (Å²) in [7, 11) is 3.19. The molecule has 0 spiro atoms. The summed E-state index contributed by atoms with van der Waals surface area (Å²) in [6, 6.07) is 10.6. The number of halogens is 2. The molecule has 0 unspecified atom stereocenters. The van der Waals surface area contributed by atoms with Gasteiger partial charge in [0.2, 0.25) is 0 Å². The SMILES string of the molecule is COc1ccc(C(=O)NCCCNC(=O)c2ccc(OC)c(I)c2)cc1I. The van der Waals surface area contributed by atoms with Crippen LogP contribution in [0.5, 0.6) is 11.5 Å². The summed E-state index contributed by atoms with van der Waals surface area (Å²) < 4.78 is 12.1. The van der Waals surface area contributed by atoms with E-state index < -0.39 is 0 Å². The predicted octanol–water partition coefficient (Wildman–Crippen LogP) is 3.46. The molecule has 27 heavy (non-hydrogen) atoms. The van der Waals surface area contributed by atoms with E-state index in [9.17, 15) is 9.59 Å². The van der Waals surface area contributed by atoms with Crippen LogP contribution in [0.25, 0.3) is 0 Å². The van der Waals surface area contributed by atoms with Crippen LogP contribution in [0, 0.1) is 7.14 Å². The quantitative estimate of drug-likeness (QED) is 0.363. The minimum atomic E-state index is -0.147. The van der Waals surface area contributed by atoms with Crippen LogP contribution in [0.3, 0.4) is 0 Å². The van der Waals surface area contributed by atoms with Gasteiger partial charge in [0, 0.05) is 24.2 Å². The highest BCUT2D eigenvalue weighted by Gasteiger charge is 2.10. The van der Waals surface area contributed by atoms with Crippen molar-refractivity contribution in [3.63, 3.8) is 0 Å². The second-order valence-corrected chi connectivity index (χ2v) is 7.89. The Morgan fingerprint density at radius 1 is 0.815 bits per heavy atom. The van der Waals surface area contributed by atoms with Gasteiger partial charge in [0.15, 0.2) is 0 Å². The van der Waals surface area contributed by atoms with Crippen LogP contribution in [0.2, 0.25) is 0 Å². The highest BCUT2D eigenvalue weighted by atomic mass is 127. The zero-order valence-electron chi connectivity index (χ0n) is 15.0. The van der Waals surface area contributed by atoms with E-state index in [0.717, 1.165) is 18.6 Å². The molecule has 0 heterocycles. The lowest BCUT2D eigenvalue weighted by Crippen LogP contribution is -2.30. The Balaban J connectivity index is 1.75. The van der Waals surface area contributed by atoms with Gasteiger partial charge in [0.05, 0.1) is 21.4 Å². The van der Waals surface area contributed by atoms with Crippen molar-refractivity contribution >= 4 is 57.0 Å². The molecule has 0 saturated heterocycles. The van der Waals surface area contributed by atoms with Crippen molar-refractivity contribution in [2.45, 2.75) is 6.42 Å². The summed E-state index contributed by atoms with van der Waals surface area (Å²) in [6.07, 6.45) is 0.637. The topological polar surface area (TPSA) is 76.7 Å². The van der Waals surface area contributed by atoms with Crippen LogP contribution < -0.4 is 20.1 Å². The summed E-state index contributed by atoms with van der Waals surface area (Å²) >= 11 is 4.26. The van der Waals surface area contributed by atoms with E-state index in [-0.39, 0.29) is 11.8 Å². The number of carbonyl (C=O) groups excluding carboxylic acids is 2. The molecule has 0 saturated carbocycles. The monoisotopic (exact) mass is 594 g/mol. The van der Waals surface area contributed by atoms with Crippen molar-refractivity contribution < 1.29 is 19.1 Å². The third-order valence-corrected chi connectivity index (χ3v) is 5.44. The van der Waals surface area contributed by atoms with Crippen molar-refractivity contribution in [3.8, 4) is 11.5 Å². The van der Waals surface area contributed by atoms with Gasteiger partial charge in [0.1, 0.15) is 11.5 Å². The van der Waals surface area contributed by atoms with E-state index in [2.05, 4.69) is 55.8 Å². The molecule has 2 N–H and O–H groups in total. The van der Waals surface area contributed by atoms with Crippen molar-refractivity contribution in [1.29, 1.82) is 0 Å². The largest absolute Gasteiger partial charge is 0.496 e. The highest BCUT2D eigenvalue weighted by Crippen LogP contribution is 2.22. The van der Waals surface area contributed by atoms with E-state index in [1.54, 1.807) is 50.6 Å². The van der Waals surface area contributed by atoms with E-state index in [4.69, 9.17) is 9.47 Å². The fourth-order valence-corrected chi connectivity index (χ4v) is 3.78. The maximum Gasteiger partial charge on any atom is 0.251 e. The lowest BCUT2D eigenvalue weighted by Gasteiger charge is -2.09. The van der Waals surface area contributed by atoms with Crippen LogP contribution in [-0.2, 0) is 0 Å². The summed E-state index contributed by atoms with van der Waals surface area (Å²) in [6.45, 7) is 0.948. The Morgan fingerprint density at radius 3 is 1.56 bits per heavy atom. The zero-order chi connectivity index (χ0) is 19.8. The average Bonchev–Trinajstić information content (AvgIpc) is 2.67. The smallest absolute Gasteiger partial charge is 0.251 e. The van der Waals surface area contributed by atoms with Crippen molar-refractivity contribution in [2.24, 2.45) is 0 Å². The molecule has 0 aromatic heterocycles. The first-order chi connectivity index (χ1) is 13.0. The highest BCUT2D eigenvalue weighted by molar-refractivity contribution is 14.1. The van der Waals surface area contributed by atoms with Gasteiger partial charge in [-0.05, 0) is 88.0 Å². The number of ether oxygens (including phenoxy) is 2. The molecule has 2 rings (SSSR count). The Labute approximate surface area is 185 Å². The molecular formula is C19H20I2N2O4. The first-order valence-corrected chi connectivity index (χ1v) is 10.4. The number of methoxy groups -OCH3 is 2. The lowest BCUT2D eigenvalue weighted by molar-refractivity contribution is 0.0951. The van der Waals surface area contributed by atoms with Gasteiger partial charge in [-0.25, -0.2) is 0 Å². The van der Waals surface area contributed by atoms with Crippen LogP contribution in [-0.4, -0.2) is 39.1 Å². The van der Waals surface area contributed by atoms with Gasteiger partial charge >= 0.3 is 0 Å².